The fourth-order valence-corrected chi connectivity index (χ4v) is 2.11. The van der Waals surface area contributed by atoms with E-state index in [0.29, 0.717) is 10.5 Å². The van der Waals surface area contributed by atoms with E-state index >= 15 is 0 Å². The normalized spacial score (nSPS) is 12.8. The molecule has 1 nitrogen and oxygen atoms in total. The number of hydrogen-bond acceptors (Lipinski definition) is 1. The van der Waals surface area contributed by atoms with Gasteiger partial charge in [0.15, 0.2) is 0 Å². The quantitative estimate of drug-likeness (QED) is 0.837. The maximum absolute atomic E-state index is 13.3. The molecular weight excluding hydrogens is 269 g/mol. The molecule has 1 N–H and O–H groups in total. The Morgan fingerprint density at radius 1 is 1.38 bits per heavy atom. The average molecular weight is 288 g/mol. The molecule has 0 heterocycles. The lowest BCUT2D eigenvalue weighted by atomic mass is 10.0. The van der Waals surface area contributed by atoms with Crippen molar-refractivity contribution in [1.29, 1.82) is 0 Å². The number of hydrogen-bond donors (Lipinski definition) is 1. The smallest absolute Gasteiger partial charge is 0.137 e. The van der Waals surface area contributed by atoms with Crippen LogP contribution in [0.2, 0.25) is 0 Å². The van der Waals surface area contributed by atoms with Gasteiger partial charge in [0.2, 0.25) is 0 Å². The van der Waals surface area contributed by atoms with Crippen molar-refractivity contribution in [2.75, 3.05) is 6.54 Å². The molecule has 16 heavy (non-hydrogen) atoms. The van der Waals surface area contributed by atoms with Crippen LogP contribution in [0.25, 0.3) is 0 Å². The van der Waals surface area contributed by atoms with Crippen LogP contribution >= 0.6 is 15.9 Å². The van der Waals surface area contributed by atoms with E-state index in [0.717, 1.165) is 31.4 Å². The van der Waals surface area contributed by atoms with Crippen molar-refractivity contribution in [1.82, 2.24) is 5.32 Å². The second kappa shape index (κ2) is 7.02. The van der Waals surface area contributed by atoms with Crippen LogP contribution in [0, 0.1) is 5.82 Å². The van der Waals surface area contributed by atoms with Gasteiger partial charge in [-0.15, -0.1) is 0 Å². The number of nitrogens with one attached hydrogen (secondary N) is 1. The van der Waals surface area contributed by atoms with E-state index in [9.17, 15) is 4.39 Å². The van der Waals surface area contributed by atoms with Crippen molar-refractivity contribution >= 4 is 15.9 Å². The van der Waals surface area contributed by atoms with Crippen LogP contribution in [0.3, 0.4) is 0 Å². The lowest BCUT2D eigenvalue weighted by molar-refractivity contribution is 0.492. The SMILES string of the molecule is CCCNC(CC)Cc1cccc(F)c1Br. The highest BCUT2D eigenvalue weighted by molar-refractivity contribution is 9.10. The molecule has 0 aliphatic heterocycles. The van der Waals surface area contributed by atoms with Gasteiger partial charge in [-0.3, -0.25) is 0 Å². The van der Waals surface area contributed by atoms with E-state index in [4.69, 9.17) is 0 Å². The Morgan fingerprint density at radius 2 is 2.12 bits per heavy atom. The van der Waals surface area contributed by atoms with E-state index in [1.54, 1.807) is 6.07 Å². The number of benzene rings is 1. The van der Waals surface area contributed by atoms with Crippen LogP contribution in [-0.2, 0) is 6.42 Å². The minimum Gasteiger partial charge on any atom is -0.314 e. The molecule has 1 atom stereocenters. The Labute approximate surface area is 106 Å². The number of halogens is 2. The molecule has 1 aromatic carbocycles. The zero-order valence-electron chi connectivity index (χ0n) is 9.89. The first-order chi connectivity index (χ1) is 7.69. The maximum atomic E-state index is 13.3. The van der Waals surface area contributed by atoms with E-state index < -0.39 is 0 Å². The van der Waals surface area contributed by atoms with E-state index in [2.05, 4.69) is 35.1 Å². The molecule has 0 aromatic heterocycles. The van der Waals surface area contributed by atoms with Crippen molar-refractivity contribution in [3.05, 3.63) is 34.1 Å². The third kappa shape index (κ3) is 3.87. The molecule has 0 spiro atoms. The van der Waals surface area contributed by atoms with Gasteiger partial charge in [0.25, 0.3) is 0 Å². The predicted octanol–water partition coefficient (Wildman–Crippen LogP) is 3.91. The minimum atomic E-state index is -0.178. The Balaban J connectivity index is 2.66. The summed E-state index contributed by atoms with van der Waals surface area (Å²) in [5.41, 5.74) is 1.04. The minimum absolute atomic E-state index is 0.178. The van der Waals surface area contributed by atoms with E-state index in [1.165, 1.54) is 6.07 Å². The summed E-state index contributed by atoms with van der Waals surface area (Å²) in [5, 5.41) is 3.47. The van der Waals surface area contributed by atoms with Crippen molar-refractivity contribution in [2.45, 2.75) is 39.2 Å². The zero-order chi connectivity index (χ0) is 12.0. The van der Waals surface area contributed by atoms with Crippen LogP contribution in [0.4, 0.5) is 4.39 Å². The summed E-state index contributed by atoms with van der Waals surface area (Å²) in [4.78, 5) is 0. The Morgan fingerprint density at radius 3 is 2.75 bits per heavy atom. The molecule has 90 valence electrons. The van der Waals surface area contributed by atoms with Gasteiger partial charge in [-0.1, -0.05) is 26.0 Å². The van der Waals surface area contributed by atoms with Gasteiger partial charge in [0.05, 0.1) is 4.47 Å². The van der Waals surface area contributed by atoms with Gasteiger partial charge >= 0.3 is 0 Å². The number of rotatable bonds is 6. The average Bonchev–Trinajstić information content (AvgIpc) is 2.30. The third-order valence-electron chi connectivity index (χ3n) is 2.67. The molecule has 1 aromatic rings. The maximum Gasteiger partial charge on any atom is 0.137 e. The molecule has 0 fully saturated rings. The summed E-state index contributed by atoms with van der Waals surface area (Å²) in [6.07, 6.45) is 3.05. The third-order valence-corrected chi connectivity index (χ3v) is 3.56. The largest absolute Gasteiger partial charge is 0.314 e. The molecule has 1 unspecified atom stereocenters. The van der Waals surface area contributed by atoms with Crippen molar-refractivity contribution in [3.63, 3.8) is 0 Å². The molecular formula is C13H19BrFN. The molecule has 0 bridgehead atoms. The second-order valence-electron chi connectivity index (χ2n) is 3.98. The standard InChI is InChI=1S/C13H19BrFN/c1-3-8-16-11(4-2)9-10-6-5-7-12(15)13(10)14/h5-7,11,16H,3-4,8-9H2,1-2H3. The van der Waals surface area contributed by atoms with Crippen LogP contribution in [-0.4, -0.2) is 12.6 Å². The lowest BCUT2D eigenvalue weighted by Crippen LogP contribution is -2.31. The Kier molecular flexibility index (Phi) is 5.99. The first-order valence-corrected chi connectivity index (χ1v) is 6.64. The molecule has 0 saturated carbocycles. The Bertz CT molecular complexity index is 328. The fourth-order valence-electron chi connectivity index (χ4n) is 1.68. The zero-order valence-corrected chi connectivity index (χ0v) is 11.5. The highest BCUT2D eigenvalue weighted by atomic mass is 79.9. The summed E-state index contributed by atoms with van der Waals surface area (Å²) in [5.74, 6) is -0.178. The van der Waals surface area contributed by atoms with Crippen molar-refractivity contribution in [3.8, 4) is 0 Å². The second-order valence-corrected chi connectivity index (χ2v) is 4.77. The van der Waals surface area contributed by atoms with E-state index in [1.807, 2.05) is 6.07 Å². The first kappa shape index (κ1) is 13.7. The fraction of sp³-hybridized carbons (Fsp3) is 0.538. The van der Waals surface area contributed by atoms with Gasteiger partial charge in [-0.05, 0) is 53.4 Å². The molecule has 0 aliphatic carbocycles. The van der Waals surface area contributed by atoms with Gasteiger partial charge in [-0.25, -0.2) is 4.39 Å². The molecule has 3 heteroatoms. The molecule has 1 rings (SSSR count). The van der Waals surface area contributed by atoms with Crippen molar-refractivity contribution in [2.24, 2.45) is 0 Å². The predicted molar refractivity (Wildman–Crippen MR) is 70.2 cm³/mol. The monoisotopic (exact) mass is 287 g/mol. The van der Waals surface area contributed by atoms with Crippen LogP contribution in [0.5, 0.6) is 0 Å². The van der Waals surface area contributed by atoms with E-state index in [-0.39, 0.29) is 5.82 Å². The van der Waals surface area contributed by atoms with Gasteiger partial charge in [0, 0.05) is 6.04 Å². The lowest BCUT2D eigenvalue weighted by Gasteiger charge is -2.17. The topological polar surface area (TPSA) is 12.0 Å². The summed E-state index contributed by atoms with van der Waals surface area (Å²) < 4.78 is 13.9. The highest BCUT2D eigenvalue weighted by Crippen LogP contribution is 2.22. The highest BCUT2D eigenvalue weighted by Gasteiger charge is 2.10. The molecule has 0 radical (unpaired) electrons. The molecule has 0 amide bonds. The van der Waals surface area contributed by atoms with Crippen LogP contribution in [0.15, 0.2) is 22.7 Å². The van der Waals surface area contributed by atoms with Gasteiger partial charge in [-0.2, -0.15) is 0 Å². The Hall–Kier alpha value is -0.410. The van der Waals surface area contributed by atoms with Gasteiger partial charge in [0.1, 0.15) is 5.82 Å². The summed E-state index contributed by atoms with van der Waals surface area (Å²) in [7, 11) is 0. The first-order valence-electron chi connectivity index (χ1n) is 5.85. The van der Waals surface area contributed by atoms with Crippen LogP contribution in [0.1, 0.15) is 32.3 Å². The van der Waals surface area contributed by atoms with Crippen LogP contribution < -0.4 is 5.32 Å². The summed E-state index contributed by atoms with van der Waals surface area (Å²) in [6.45, 7) is 5.32. The molecule has 0 saturated heterocycles. The molecule has 0 aliphatic rings. The summed E-state index contributed by atoms with van der Waals surface area (Å²) in [6, 6.07) is 5.65. The van der Waals surface area contributed by atoms with Crippen molar-refractivity contribution < 1.29 is 4.39 Å². The summed E-state index contributed by atoms with van der Waals surface area (Å²) >= 11 is 3.30. The van der Waals surface area contributed by atoms with Gasteiger partial charge < -0.3 is 5.32 Å².